The van der Waals surface area contributed by atoms with Crippen molar-refractivity contribution in [1.29, 1.82) is 0 Å². The van der Waals surface area contributed by atoms with E-state index in [9.17, 15) is 9.59 Å². The Bertz CT molecular complexity index is 848. The van der Waals surface area contributed by atoms with Crippen LogP contribution in [-0.4, -0.2) is 64.5 Å². The van der Waals surface area contributed by atoms with Crippen LogP contribution in [0.1, 0.15) is 24.2 Å². The molecule has 0 saturated carbocycles. The summed E-state index contributed by atoms with van der Waals surface area (Å²) in [6, 6.07) is 1.64. The molecule has 8 heteroatoms. The Morgan fingerprint density at radius 1 is 1.27 bits per heavy atom. The molecule has 26 heavy (non-hydrogen) atoms. The molecule has 2 aliphatic heterocycles. The Hall–Kier alpha value is -1.77. The van der Waals surface area contributed by atoms with Gasteiger partial charge < -0.3 is 9.64 Å². The number of rotatable bonds is 3. The van der Waals surface area contributed by atoms with Crippen molar-refractivity contribution in [3.63, 3.8) is 0 Å². The molecule has 4 heterocycles. The maximum absolute atomic E-state index is 12.6. The topological polar surface area (TPSA) is 67.2 Å². The summed E-state index contributed by atoms with van der Waals surface area (Å²) < 4.78 is 6.98. The number of thiazole rings is 1. The summed E-state index contributed by atoms with van der Waals surface area (Å²) >= 11 is 1.50. The minimum absolute atomic E-state index is 0.0128. The smallest absolute Gasteiger partial charge is 0.259 e. The second kappa shape index (κ2) is 7.46. The van der Waals surface area contributed by atoms with Gasteiger partial charge in [-0.25, -0.2) is 4.98 Å². The largest absolute Gasteiger partial charge is 0.378 e. The number of amides is 1. The molecule has 0 N–H and O–H groups in total. The molecule has 0 atom stereocenters. The standard InChI is InChI=1S/C18H24N4O3S/c1-13-12-26-18-19-15(10-16(23)22(13)18)11-20-4-2-14(3-5-20)17(24)21-6-8-25-9-7-21/h10,12,14H,2-9,11H2,1H3. The lowest BCUT2D eigenvalue weighted by molar-refractivity contribution is -0.141. The predicted octanol–water partition coefficient (Wildman–Crippen LogP) is 1.14. The minimum atomic E-state index is -0.0128. The van der Waals surface area contributed by atoms with Gasteiger partial charge in [-0.3, -0.25) is 18.9 Å². The zero-order chi connectivity index (χ0) is 18.1. The van der Waals surface area contributed by atoms with Crippen molar-refractivity contribution < 1.29 is 9.53 Å². The van der Waals surface area contributed by atoms with Crippen LogP contribution in [0, 0.1) is 12.8 Å². The summed E-state index contributed by atoms with van der Waals surface area (Å²) in [6.45, 7) is 7.05. The van der Waals surface area contributed by atoms with Gasteiger partial charge in [-0.15, -0.1) is 11.3 Å². The number of aromatic nitrogens is 2. The van der Waals surface area contributed by atoms with E-state index >= 15 is 0 Å². The molecule has 0 aliphatic carbocycles. The lowest BCUT2D eigenvalue weighted by Crippen LogP contribution is -2.46. The molecular formula is C18H24N4O3S. The molecule has 2 aliphatic rings. The quantitative estimate of drug-likeness (QED) is 0.804. The second-order valence-electron chi connectivity index (χ2n) is 7.07. The highest BCUT2D eigenvalue weighted by Crippen LogP contribution is 2.21. The van der Waals surface area contributed by atoms with E-state index in [2.05, 4.69) is 9.88 Å². The van der Waals surface area contributed by atoms with Gasteiger partial charge in [-0.2, -0.15) is 0 Å². The van der Waals surface area contributed by atoms with Crippen molar-refractivity contribution in [2.75, 3.05) is 39.4 Å². The first-order valence-corrected chi connectivity index (χ1v) is 10.1. The van der Waals surface area contributed by atoms with Crippen molar-refractivity contribution in [2.24, 2.45) is 5.92 Å². The van der Waals surface area contributed by atoms with Gasteiger partial charge in [0.2, 0.25) is 5.91 Å². The average Bonchev–Trinajstić information content (AvgIpc) is 3.04. The van der Waals surface area contributed by atoms with Crippen LogP contribution in [0.2, 0.25) is 0 Å². The number of hydrogen-bond donors (Lipinski definition) is 0. The second-order valence-corrected chi connectivity index (χ2v) is 7.91. The fraction of sp³-hybridized carbons (Fsp3) is 0.611. The molecule has 2 aromatic rings. The molecule has 0 bridgehead atoms. The molecule has 1 amide bonds. The lowest BCUT2D eigenvalue weighted by atomic mass is 9.95. The number of hydrogen-bond acceptors (Lipinski definition) is 6. The Balaban J connectivity index is 1.36. The van der Waals surface area contributed by atoms with Gasteiger partial charge in [0.15, 0.2) is 4.96 Å². The summed E-state index contributed by atoms with van der Waals surface area (Å²) in [5.41, 5.74) is 1.73. The van der Waals surface area contributed by atoms with Gasteiger partial charge in [-0.1, -0.05) is 0 Å². The fourth-order valence-corrected chi connectivity index (χ4v) is 4.68. The van der Waals surface area contributed by atoms with E-state index < -0.39 is 0 Å². The third kappa shape index (κ3) is 3.54. The van der Waals surface area contributed by atoms with E-state index in [0.29, 0.717) is 32.8 Å². The first-order chi connectivity index (χ1) is 12.6. The molecule has 0 spiro atoms. The van der Waals surface area contributed by atoms with Crippen molar-refractivity contribution in [2.45, 2.75) is 26.3 Å². The van der Waals surface area contributed by atoms with Gasteiger partial charge in [-0.05, 0) is 32.9 Å². The summed E-state index contributed by atoms with van der Waals surface area (Å²) in [5.74, 6) is 0.394. The normalized spacial score (nSPS) is 20.0. The maximum Gasteiger partial charge on any atom is 0.259 e. The van der Waals surface area contributed by atoms with Crippen molar-refractivity contribution >= 4 is 22.2 Å². The van der Waals surface area contributed by atoms with E-state index in [1.54, 1.807) is 10.5 Å². The van der Waals surface area contributed by atoms with Crippen molar-refractivity contribution in [3.8, 4) is 0 Å². The van der Waals surface area contributed by atoms with Crippen LogP contribution < -0.4 is 5.56 Å². The van der Waals surface area contributed by atoms with Crippen LogP contribution in [0.5, 0.6) is 0 Å². The first-order valence-electron chi connectivity index (χ1n) is 9.17. The highest BCUT2D eigenvalue weighted by molar-refractivity contribution is 7.15. The van der Waals surface area contributed by atoms with E-state index in [-0.39, 0.29) is 17.4 Å². The average molecular weight is 376 g/mol. The highest BCUT2D eigenvalue weighted by Gasteiger charge is 2.29. The Morgan fingerprint density at radius 3 is 2.73 bits per heavy atom. The molecule has 0 radical (unpaired) electrons. The molecule has 0 aromatic carbocycles. The molecule has 140 valence electrons. The molecule has 2 fully saturated rings. The molecule has 2 aromatic heterocycles. The van der Waals surface area contributed by atoms with Gasteiger partial charge >= 0.3 is 0 Å². The number of fused-ring (bicyclic) bond motifs is 1. The Labute approximate surface area is 156 Å². The van der Waals surface area contributed by atoms with Gasteiger partial charge in [0.05, 0.1) is 18.9 Å². The number of ether oxygens (including phenoxy) is 1. The third-order valence-electron chi connectivity index (χ3n) is 5.27. The Kier molecular flexibility index (Phi) is 5.06. The van der Waals surface area contributed by atoms with E-state index in [1.807, 2.05) is 17.2 Å². The molecule has 4 rings (SSSR count). The third-order valence-corrected chi connectivity index (χ3v) is 6.22. The number of piperidine rings is 1. The number of nitrogens with zero attached hydrogens (tertiary/aromatic N) is 4. The zero-order valence-corrected chi connectivity index (χ0v) is 15.8. The Morgan fingerprint density at radius 2 is 2.00 bits per heavy atom. The summed E-state index contributed by atoms with van der Waals surface area (Å²) in [6.07, 6.45) is 1.74. The SMILES string of the molecule is Cc1csc2nc(CN3CCC(C(=O)N4CCOCC4)CC3)cc(=O)n12. The van der Waals surface area contributed by atoms with Crippen LogP contribution in [0.25, 0.3) is 4.96 Å². The number of carbonyl (C=O) groups excluding carboxylic acids is 1. The van der Waals surface area contributed by atoms with Gasteiger partial charge in [0.1, 0.15) is 0 Å². The van der Waals surface area contributed by atoms with Crippen LogP contribution in [0.3, 0.4) is 0 Å². The monoisotopic (exact) mass is 376 g/mol. The number of carbonyl (C=O) groups is 1. The number of morpholine rings is 1. The van der Waals surface area contributed by atoms with Gasteiger partial charge in [0.25, 0.3) is 5.56 Å². The first kappa shape index (κ1) is 17.6. The lowest BCUT2D eigenvalue weighted by Gasteiger charge is -2.35. The van der Waals surface area contributed by atoms with E-state index in [0.717, 1.165) is 42.3 Å². The number of likely N-dealkylation sites (tertiary alicyclic amines) is 1. The molecule has 2 saturated heterocycles. The van der Waals surface area contributed by atoms with Crippen LogP contribution in [0.4, 0.5) is 0 Å². The summed E-state index contributed by atoms with van der Waals surface area (Å²) in [4.78, 5) is 34.5. The van der Waals surface area contributed by atoms with Crippen LogP contribution in [0.15, 0.2) is 16.2 Å². The van der Waals surface area contributed by atoms with Crippen LogP contribution >= 0.6 is 11.3 Å². The fourth-order valence-electron chi connectivity index (χ4n) is 3.79. The molecule has 7 nitrogen and oxygen atoms in total. The van der Waals surface area contributed by atoms with E-state index in [1.165, 1.54) is 11.3 Å². The predicted molar refractivity (Wildman–Crippen MR) is 99.5 cm³/mol. The molecule has 0 unspecified atom stereocenters. The van der Waals surface area contributed by atoms with Gasteiger partial charge in [0, 0.05) is 42.7 Å². The number of aryl methyl sites for hydroxylation is 1. The van der Waals surface area contributed by atoms with E-state index in [4.69, 9.17) is 4.74 Å². The zero-order valence-electron chi connectivity index (χ0n) is 15.0. The highest BCUT2D eigenvalue weighted by atomic mass is 32.1. The maximum atomic E-state index is 12.6. The van der Waals surface area contributed by atoms with Crippen molar-refractivity contribution in [3.05, 3.63) is 33.2 Å². The minimum Gasteiger partial charge on any atom is -0.378 e. The molecular weight excluding hydrogens is 352 g/mol. The van der Waals surface area contributed by atoms with Crippen molar-refractivity contribution in [1.82, 2.24) is 19.2 Å². The van der Waals surface area contributed by atoms with Crippen LogP contribution in [-0.2, 0) is 16.1 Å². The summed E-state index contributed by atoms with van der Waals surface area (Å²) in [5, 5.41) is 1.95. The summed E-state index contributed by atoms with van der Waals surface area (Å²) in [7, 11) is 0.